The SMILES string of the molecule is CCn1c(CCC(N)=O)nn(C[NH+]2CCN(c3ccc(C(C)=O)cc3)CC2)c1=S. The number of rotatable bonds is 8. The van der Waals surface area contributed by atoms with Gasteiger partial charge >= 0.3 is 0 Å². The predicted octanol–water partition coefficient (Wildman–Crippen LogP) is 0.417. The fourth-order valence-electron chi connectivity index (χ4n) is 3.68. The van der Waals surface area contributed by atoms with Gasteiger partial charge in [0.15, 0.2) is 12.5 Å². The fraction of sp³-hybridized carbons (Fsp3) is 0.500. The van der Waals surface area contributed by atoms with Gasteiger partial charge in [0.05, 0.1) is 26.2 Å². The Kier molecular flexibility index (Phi) is 6.81. The maximum absolute atomic E-state index is 11.4. The second-order valence-electron chi connectivity index (χ2n) is 7.41. The van der Waals surface area contributed by atoms with Gasteiger partial charge in [-0.1, -0.05) is 0 Å². The highest BCUT2D eigenvalue weighted by atomic mass is 32.1. The van der Waals surface area contributed by atoms with E-state index in [0.29, 0.717) is 17.9 Å². The van der Waals surface area contributed by atoms with Crippen molar-refractivity contribution in [3.05, 3.63) is 40.4 Å². The summed E-state index contributed by atoms with van der Waals surface area (Å²) in [6.45, 7) is 8.88. The molecule has 1 saturated heterocycles. The third-order valence-corrected chi connectivity index (χ3v) is 5.82. The summed E-state index contributed by atoms with van der Waals surface area (Å²) in [5, 5.41) is 4.65. The van der Waals surface area contributed by atoms with Crippen LogP contribution >= 0.6 is 12.2 Å². The Morgan fingerprint density at radius 3 is 2.41 bits per heavy atom. The highest BCUT2D eigenvalue weighted by Gasteiger charge is 2.22. The number of carbonyl (C=O) groups excluding carboxylic acids is 2. The number of aromatic nitrogens is 3. The van der Waals surface area contributed by atoms with E-state index in [9.17, 15) is 9.59 Å². The molecule has 1 aliphatic rings. The smallest absolute Gasteiger partial charge is 0.217 e. The van der Waals surface area contributed by atoms with Gasteiger partial charge in [-0.25, -0.2) is 0 Å². The molecule has 0 spiro atoms. The molecule has 0 unspecified atom stereocenters. The summed E-state index contributed by atoms with van der Waals surface area (Å²) >= 11 is 5.59. The van der Waals surface area contributed by atoms with Crippen LogP contribution in [0.4, 0.5) is 5.69 Å². The second kappa shape index (κ2) is 9.32. The van der Waals surface area contributed by atoms with Crippen LogP contribution in [0.2, 0.25) is 0 Å². The summed E-state index contributed by atoms with van der Waals surface area (Å²) < 4.78 is 4.55. The Balaban J connectivity index is 1.61. The van der Waals surface area contributed by atoms with Crippen LogP contribution in [0.5, 0.6) is 0 Å². The molecule has 9 heteroatoms. The quantitative estimate of drug-likeness (QED) is 0.480. The van der Waals surface area contributed by atoms with Crippen molar-refractivity contribution in [2.24, 2.45) is 5.73 Å². The standard InChI is InChI=1S/C20H28N6O2S/c1-3-25-19(9-8-18(21)28)22-26(20(25)29)14-23-10-12-24(13-11-23)17-6-4-16(5-7-17)15(2)27/h4-7H,3,8-14H2,1-2H3,(H2,21,28)/p+1. The molecule has 1 aromatic heterocycles. The van der Waals surface area contributed by atoms with E-state index in [0.717, 1.165) is 49.8 Å². The molecule has 0 saturated carbocycles. The van der Waals surface area contributed by atoms with Crippen LogP contribution in [-0.4, -0.2) is 52.2 Å². The van der Waals surface area contributed by atoms with Gasteiger partial charge < -0.3 is 20.1 Å². The number of aryl methyl sites for hydroxylation is 1. The number of primary amides is 1. The molecule has 2 heterocycles. The number of hydrogen-bond acceptors (Lipinski definition) is 5. The molecule has 2 aromatic rings. The van der Waals surface area contributed by atoms with E-state index in [-0.39, 0.29) is 18.1 Å². The lowest BCUT2D eigenvalue weighted by Crippen LogP contribution is -3.14. The number of Topliss-reactive ketones (excluding diaryl/α,β-unsaturated/α-hetero) is 1. The number of nitrogens with one attached hydrogen (secondary N) is 1. The molecule has 29 heavy (non-hydrogen) atoms. The van der Waals surface area contributed by atoms with E-state index in [2.05, 4.69) is 10.00 Å². The maximum atomic E-state index is 11.4. The number of nitrogens with zero attached hydrogens (tertiary/aromatic N) is 4. The topological polar surface area (TPSA) is 90.6 Å². The number of anilines is 1. The average molecular weight is 418 g/mol. The van der Waals surface area contributed by atoms with Gasteiger partial charge in [0, 0.05) is 30.6 Å². The first kappa shape index (κ1) is 21.2. The van der Waals surface area contributed by atoms with E-state index < -0.39 is 0 Å². The first-order valence-corrected chi connectivity index (χ1v) is 10.4. The zero-order valence-corrected chi connectivity index (χ0v) is 17.9. The van der Waals surface area contributed by atoms with Crippen molar-refractivity contribution < 1.29 is 14.5 Å². The van der Waals surface area contributed by atoms with Gasteiger partial charge in [-0.05, 0) is 50.3 Å². The molecular weight excluding hydrogens is 388 g/mol. The highest BCUT2D eigenvalue weighted by molar-refractivity contribution is 7.71. The van der Waals surface area contributed by atoms with Crippen molar-refractivity contribution in [3.8, 4) is 0 Å². The van der Waals surface area contributed by atoms with Gasteiger partial charge in [0.25, 0.3) is 0 Å². The molecule has 0 atom stereocenters. The largest absolute Gasteiger partial charge is 0.370 e. The van der Waals surface area contributed by atoms with Crippen LogP contribution < -0.4 is 15.5 Å². The lowest BCUT2D eigenvalue weighted by molar-refractivity contribution is -0.924. The van der Waals surface area contributed by atoms with Crippen molar-refractivity contribution in [1.29, 1.82) is 0 Å². The Morgan fingerprint density at radius 2 is 1.86 bits per heavy atom. The Bertz CT molecular complexity index is 925. The summed E-state index contributed by atoms with van der Waals surface area (Å²) in [6.07, 6.45) is 0.791. The van der Waals surface area contributed by atoms with Crippen LogP contribution in [0, 0.1) is 4.77 Å². The van der Waals surface area contributed by atoms with Crippen LogP contribution in [0.3, 0.4) is 0 Å². The van der Waals surface area contributed by atoms with Gasteiger partial charge in [0.1, 0.15) is 5.82 Å². The Hall–Kier alpha value is -2.52. The first-order valence-electron chi connectivity index (χ1n) is 10.0. The summed E-state index contributed by atoms with van der Waals surface area (Å²) in [6, 6.07) is 7.82. The predicted molar refractivity (Wildman–Crippen MR) is 114 cm³/mol. The van der Waals surface area contributed by atoms with Crippen molar-refractivity contribution in [3.63, 3.8) is 0 Å². The number of hydrogen-bond donors (Lipinski definition) is 2. The van der Waals surface area contributed by atoms with Crippen molar-refractivity contribution in [2.75, 3.05) is 31.1 Å². The Morgan fingerprint density at radius 1 is 1.21 bits per heavy atom. The molecule has 0 radical (unpaired) electrons. The zero-order valence-electron chi connectivity index (χ0n) is 17.1. The van der Waals surface area contributed by atoms with Crippen LogP contribution in [0.15, 0.2) is 24.3 Å². The summed E-state index contributed by atoms with van der Waals surface area (Å²) in [4.78, 5) is 26.3. The van der Waals surface area contributed by atoms with Crippen molar-refractivity contribution >= 4 is 29.6 Å². The molecule has 3 rings (SSSR count). The van der Waals surface area contributed by atoms with E-state index >= 15 is 0 Å². The molecule has 1 amide bonds. The Labute approximate surface area is 175 Å². The lowest BCUT2D eigenvalue weighted by atomic mass is 10.1. The lowest BCUT2D eigenvalue weighted by Gasteiger charge is -2.33. The van der Waals surface area contributed by atoms with Crippen LogP contribution in [0.1, 0.15) is 36.5 Å². The molecule has 1 aromatic carbocycles. The van der Waals surface area contributed by atoms with Gasteiger partial charge in [-0.3, -0.25) is 9.59 Å². The third kappa shape index (κ3) is 5.10. The summed E-state index contributed by atoms with van der Waals surface area (Å²) in [7, 11) is 0. The zero-order chi connectivity index (χ0) is 21.0. The molecule has 156 valence electrons. The average Bonchev–Trinajstić information content (AvgIpc) is 3.01. The molecule has 1 fully saturated rings. The first-order chi connectivity index (χ1) is 13.9. The number of nitrogens with two attached hydrogens (primary N) is 1. The third-order valence-electron chi connectivity index (χ3n) is 5.39. The normalized spacial score (nSPS) is 14.9. The van der Waals surface area contributed by atoms with E-state index in [1.165, 1.54) is 4.90 Å². The molecular formula is C20H29N6O2S+. The highest BCUT2D eigenvalue weighted by Crippen LogP contribution is 2.15. The number of piperazine rings is 1. The van der Waals surface area contributed by atoms with E-state index in [1.807, 2.05) is 40.4 Å². The number of quaternary nitrogens is 1. The monoisotopic (exact) mass is 417 g/mol. The molecule has 0 bridgehead atoms. The number of benzene rings is 1. The van der Waals surface area contributed by atoms with Crippen molar-refractivity contribution in [1.82, 2.24) is 14.3 Å². The van der Waals surface area contributed by atoms with E-state index in [4.69, 9.17) is 18.0 Å². The minimum atomic E-state index is -0.328. The van der Waals surface area contributed by atoms with Crippen LogP contribution in [-0.2, 0) is 24.4 Å². The molecule has 8 nitrogen and oxygen atoms in total. The van der Waals surface area contributed by atoms with Gasteiger partial charge in [0.2, 0.25) is 10.7 Å². The minimum Gasteiger partial charge on any atom is -0.370 e. The summed E-state index contributed by atoms with van der Waals surface area (Å²) in [5.74, 6) is 0.579. The molecule has 0 aliphatic carbocycles. The number of amides is 1. The maximum Gasteiger partial charge on any atom is 0.217 e. The molecule has 1 aliphatic heterocycles. The minimum absolute atomic E-state index is 0.0873. The number of ketones is 1. The molecule has 3 N–H and O–H groups in total. The summed E-state index contributed by atoms with van der Waals surface area (Å²) in [5.41, 5.74) is 7.17. The van der Waals surface area contributed by atoms with Crippen LogP contribution in [0.25, 0.3) is 0 Å². The van der Waals surface area contributed by atoms with Crippen molar-refractivity contribution in [2.45, 2.75) is 39.9 Å². The van der Waals surface area contributed by atoms with E-state index in [1.54, 1.807) is 6.92 Å². The van der Waals surface area contributed by atoms with Gasteiger partial charge in [-0.15, -0.1) is 0 Å². The van der Waals surface area contributed by atoms with Gasteiger partial charge in [-0.2, -0.15) is 9.78 Å². The fourth-order valence-corrected chi connectivity index (χ4v) is 4.02. The number of carbonyl (C=O) groups is 2. The second-order valence-corrected chi connectivity index (χ2v) is 7.77.